The largest absolute Gasteiger partial charge is 0.230 e. The zero-order valence-corrected chi connectivity index (χ0v) is 9.62. The summed E-state index contributed by atoms with van der Waals surface area (Å²) in [6.45, 7) is 9.71. The van der Waals surface area contributed by atoms with Crippen molar-refractivity contribution >= 4 is 0 Å². The third-order valence-corrected chi connectivity index (χ3v) is 2.02. The fourth-order valence-corrected chi connectivity index (χ4v) is 1.31. The molecular weight excluding hydrogens is 176 g/mol. The molecule has 0 aliphatic rings. The Morgan fingerprint density at radius 3 is 2.57 bits per heavy atom. The average molecular weight is 196 g/mol. The molecule has 0 bridgehead atoms. The van der Waals surface area contributed by atoms with Crippen LogP contribution in [0.15, 0.2) is 0 Å². The summed E-state index contributed by atoms with van der Waals surface area (Å²) >= 11 is 0. The van der Waals surface area contributed by atoms with Gasteiger partial charge in [0.05, 0.1) is 0 Å². The monoisotopic (exact) mass is 196 g/mol. The van der Waals surface area contributed by atoms with Crippen molar-refractivity contribution in [1.82, 2.24) is 20.2 Å². The summed E-state index contributed by atoms with van der Waals surface area (Å²) in [5.41, 5.74) is 0.249. The summed E-state index contributed by atoms with van der Waals surface area (Å²) in [4.78, 5) is 0. The lowest BCUT2D eigenvalue weighted by Gasteiger charge is -2.16. The molecule has 4 nitrogen and oxygen atoms in total. The minimum absolute atomic E-state index is 0.249. The Hall–Kier alpha value is -0.930. The van der Waals surface area contributed by atoms with Crippen LogP contribution in [0.1, 0.15) is 46.4 Å². The van der Waals surface area contributed by atoms with Crippen LogP contribution in [0, 0.1) is 5.41 Å². The van der Waals surface area contributed by atoms with Crippen molar-refractivity contribution in [3.05, 3.63) is 5.82 Å². The molecule has 14 heavy (non-hydrogen) atoms. The number of hydrogen-bond acceptors (Lipinski definition) is 3. The van der Waals surface area contributed by atoms with Gasteiger partial charge in [0.25, 0.3) is 0 Å². The number of rotatable bonds is 4. The summed E-state index contributed by atoms with van der Waals surface area (Å²) in [5.74, 6) is 1.01. The van der Waals surface area contributed by atoms with Crippen LogP contribution in [0.3, 0.4) is 0 Å². The van der Waals surface area contributed by atoms with Gasteiger partial charge in [0, 0.05) is 13.0 Å². The first kappa shape index (κ1) is 11.1. The van der Waals surface area contributed by atoms with Crippen LogP contribution in [0.25, 0.3) is 0 Å². The van der Waals surface area contributed by atoms with Crippen LogP contribution in [0.2, 0.25) is 0 Å². The Balaban J connectivity index is 2.63. The molecule has 0 unspecified atom stereocenters. The third-order valence-electron chi connectivity index (χ3n) is 2.02. The summed E-state index contributed by atoms with van der Waals surface area (Å²) in [7, 11) is 0. The number of unbranched alkanes of at least 4 members (excludes halogenated alkanes) is 1. The molecule has 0 saturated carbocycles. The predicted octanol–water partition coefficient (Wildman–Crippen LogP) is 2.06. The van der Waals surface area contributed by atoms with Crippen LogP contribution in [-0.2, 0) is 13.0 Å². The average Bonchev–Trinajstić information content (AvgIpc) is 2.45. The van der Waals surface area contributed by atoms with E-state index in [0.29, 0.717) is 0 Å². The molecule has 0 fully saturated rings. The molecule has 1 rings (SSSR count). The number of hydrogen-bond donors (Lipinski definition) is 0. The van der Waals surface area contributed by atoms with E-state index in [0.717, 1.165) is 25.2 Å². The van der Waals surface area contributed by atoms with E-state index >= 15 is 0 Å². The van der Waals surface area contributed by atoms with E-state index in [-0.39, 0.29) is 5.41 Å². The Labute approximate surface area is 85.7 Å². The van der Waals surface area contributed by atoms with Crippen molar-refractivity contribution in [3.63, 3.8) is 0 Å². The zero-order valence-electron chi connectivity index (χ0n) is 9.62. The topological polar surface area (TPSA) is 43.6 Å². The predicted molar refractivity (Wildman–Crippen MR) is 55.9 cm³/mol. The number of nitrogens with zero attached hydrogens (tertiary/aromatic N) is 4. The SMILES string of the molecule is CCCCn1nnnc1CC(C)(C)C. The van der Waals surface area contributed by atoms with Gasteiger partial charge in [-0.25, -0.2) is 4.68 Å². The second-order valence-electron chi connectivity index (χ2n) is 4.91. The van der Waals surface area contributed by atoms with Gasteiger partial charge in [-0.1, -0.05) is 34.1 Å². The molecule has 80 valence electrons. The van der Waals surface area contributed by atoms with E-state index in [1.54, 1.807) is 0 Å². The van der Waals surface area contributed by atoms with Gasteiger partial charge >= 0.3 is 0 Å². The Morgan fingerprint density at radius 1 is 1.29 bits per heavy atom. The van der Waals surface area contributed by atoms with Crippen molar-refractivity contribution in [1.29, 1.82) is 0 Å². The highest BCUT2D eigenvalue weighted by molar-refractivity contribution is 4.86. The molecule has 4 heteroatoms. The standard InChI is InChI=1S/C10H20N4/c1-5-6-7-14-9(11-12-13-14)8-10(2,3)4/h5-8H2,1-4H3. The minimum atomic E-state index is 0.249. The van der Waals surface area contributed by atoms with Crippen molar-refractivity contribution < 1.29 is 0 Å². The van der Waals surface area contributed by atoms with Gasteiger partial charge in [-0.05, 0) is 22.3 Å². The molecule has 0 aliphatic carbocycles. The van der Waals surface area contributed by atoms with E-state index in [9.17, 15) is 0 Å². The van der Waals surface area contributed by atoms with Crippen molar-refractivity contribution in [2.75, 3.05) is 0 Å². The summed E-state index contributed by atoms with van der Waals surface area (Å²) in [6, 6.07) is 0. The third kappa shape index (κ3) is 3.44. The molecular formula is C10H20N4. The molecule has 0 aliphatic heterocycles. The lowest BCUT2D eigenvalue weighted by atomic mass is 9.92. The van der Waals surface area contributed by atoms with Crippen molar-refractivity contribution in [2.24, 2.45) is 5.41 Å². The number of aryl methyl sites for hydroxylation is 1. The molecule has 0 saturated heterocycles. The quantitative estimate of drug-likeness (QED) is 0.740. The first-order valence-electron chi connectivity index (χ1n) is 5.28. The highest BCUT2D eigenvalue weighted by Crippen LogP contribution is 2.18. The van der Waals surface area contributed by atoms with Gasteiger partial charge in [0.15, 0.2) is 5.82 Å². The Kier molecular flexibility index (Phi) is 3.61. The van der Waals surface area contributed by atoms with Gasteiger partial charge in [0.1, 0.15) is 0 Å². The molecule has 0 N–H and O–H groups in total. The maximum Gasteiger partial charge on any atom is 0.151 e. The fraction of sp³-hybridized carbons (Fsp3) is 0.900. The Morgan fingerprint density at radius 2 is 2.00 bits per heavy atom. The first-order valence-corrected chi connectivity index (χ1v) is 5.28. The summed E-state index contributed by atoms with van der Waals surface area (Å²) in [6.07, 6.45) is 3.25. The Bertz CT molecular complexity index is 272. The highest BCUT2D eigenvalue weighted by atomic mass is 15.5. The maximum absolute atomic E-state index is 4.06. The van der Waals surface area contributed by atoms with Gasteiger partial charge in [-0.3, -0.25) is 0 Å². The van der Waals surface area contributed by atoms with Crippen molar-refractivity contribution in [3.8, 4) is 0 Å². The molecule has 1 aromatic heterocycles. The molecule has 0 spiro atoms. The van der Waals surface area contributed by atoms with Crippen LogP contribution >= 0.6 is 0 Å². The maximum atomic E-state index is 4.06. The minimum Gasteiger partial charge on any atom is -0.230 e. The van der Waals surface area contributed by atoms with E-state index in [1.165, 1.54) is 6.42 Å². The van der Waals surface area contributed by atoms with E-state index in [4.69, 9.17) is 0 Å². The molecule has 0 radical (unpaired) electrons. The smallest absolute Gasteiger partial charge is 0.151 e. The second-order valence-corrected chi connectivity index (χ2v) is 4.91. The summed E-state index contributed by atoms with van der Waals surface area (Å²) < 4.78 is 1.93. The molecule has 0 atom stereocenters. The molecule has 0 aromatic carbocycles. The van der Waals surface area contributed by atoms with E-state index in [2.05, 4.69) is 43.2 Å². The van der Waals surface area contributed by atoms with Gasteiger partial charge < -0.3 is 0 Å². The molecule has 1 aromatic rings. The van der Waals surface area contributed by atoms with Gasteiger partial charge in [-0.15, -0.1) is 5.10 Å². The van der Waals surface area contributed by atoms with Crippen LogP contribution < -0.4 is 0 Å². The van der Waals surface area contributed by atoms with Gasteiger partial charge in [0.2, 0.25) is 0 Å². The van der Waals surface area contributed by atoms with Crippen molar-refractivity contribution in [2.45, 2.75) is 53.5 Å². The fourth-order valence-electron chi connectivity index (χ4n) is 1.31. The molecule has 1 heterocycles. The normalized spacial score (nSPS) is 12.0. The summed E-state index contributed by atoms with van der Waals surface area (Å²) in [5, 5.41) is 11.8. The van der Waals surface area contributed by atoms with E-state index < -0.39 is 0 Å². The zero-order chi connectivity index (χ0) is 10.6. The second kappa shape index (κ2) is 4.53. The van der Waals surface area contributed by atoms with Crippen LogP contribution in [-0.4, -0.2) is 20.2 Å². The lowest BCUT2D eigenvalue weighted by molar-refractivity contribution is 0.384. The van der Waals surface area contributed by atoms with E-state index in [1.807, 2.05) is 4.68 Å². The highest BCUT2D eigenvalue weighted by Gasteiger charge is 2.16. The lowest BCUT2D eigenvalue weighted by Crippen LogP contribution is -2.15. The van der Waals surface area contributed by atoms with Gasteiger partial charge in [-0.2, -0.15) is 0 Å². The molecule has 0 amide bonds. The van der Waals surface area contributed by atoms with Crippen LogP contribution in [0.5, 0.6) is 0 Å². The number of tetrazole rings is 1. The first-order chi connectivity index (χ1) is 6.53. The van der Waals surface area contributed by atoms with Crippen LogP contribution in [0.4, 0.5) is 0 Å². The number of aromatic nitrogens is 4.